The van der Waals surface area contributed by atoms with Gasteiger partial charge >= 0.3 is 11.9 Å². The summed E-state index contributed by atoms with van der Waals surface area (Å²) in [5.74, 6) is -1.35. The number of hydrogen-bond acceptors (Lipinski definition) is 4. The smallest absolute Gasteiger partial charge is 0.417 e. The van der Waals surface area contributed by atoms with Gasteiger partial charge in [0.2, 0.25) is 0 Å². The molecule has 0 radical (unpaired) electrons. The quantitative estimate of drug-likeness (QED) is 0.573. The van der Waals surface area contributed by atoms with Crippen LogP contribution >= 0.6 is 0 Å². The Hall–Kier alpha value is -1.06. The lowest BCUT2D eigenvalue weighted by Crippen LogP contribution is -2.35. The van der Waals surface area contributed by atoms with Crippen LogP contribution in [0.3, 0.4) is 0 Å². The van der Waals surface area contributed by atoms with Crippen molar-refractivity contribution in [3.05, 3.63) is 0 Å². The summed E-state index contributed by atoms with van der Waals surface area (Å²) in [5, 5.41) is 0. The topological polar surface area (TPSA) is 52.6 Å². The highest BCUT2D eigenvalue weighted by Gasteiger charge is 2.34. The van der Waals surface area contributed by atoms with Crippen LogP contribution in [0, 0.1) is 11.3 Å². The Morgan fingerprint density at radius 2 is 1.95 bits per heavy atom. The normalized spacial score (nSPS) is 22.9. The molecule has 4 heteroatoms. The van der Waals surface area contributed by atoms with E-state index >= 15 is 0 Å². The molecule has 0 heterocycles. The first-order chi connectivity index (χ1) is 9.39. The van der Waals surface area contributed by atoms with Crippen LogP contribution in [0.1, 0.15) is 66.2 Å². The maximum atomic E-state index is 11.7. The van der Waals surface area contributed by atoms with Crippen molar-refractivity contribution >= 4 is 11.9 Å². The molecule has 0 aromatic heterocycles. The van der Waals surface area contributed by atoms with E-state index in [2.05, 4.69) is 13.8 Å². The molecule has 4 nitrogen and oxygen atoms in total. The zero-order valence-corrected chi connectivity index (χ0v) is 13.2. The van der Waals surface area contributed by atoms with Gasteiger partial charge in [-0.05, 0) is 43.4 Å². The van der Waals surface area contributed by atoms with Crippen LogP contribution < -0.4 is 0 Å². The van der Waals surface area contributed by atoms with Crippen molar-refractivity contribution in [2.45, 2.75) is 72.3 Å². The van der Waals surface area contributed by atoms with Gasteiger partial charge in [0.1, 0.15) is 6.10 Å². The summed E-state index contributed by atoms with van der Waals surface area (Å²) in [6, 6.07) is 0. The molecule has 0 aromatic carbocycles. The van der Waals surface area contributed by atoms with Crippen LogP contribution in [0.25, 0.3) is 0 Å². The minimum absolute atomic E-state index is 0.170. The zero-order valence-electron chi connectivity index (χ0n) is 13.2. The third-order valence-electron chi connectivity index (χ3n) is 4.03. The van der Waals surface area contributed by atoms with Gasteiger partial charge in [0.15, 0.2) is 0 Å². The van der Waals surface area contributed by atoms with Gasteiger partial charge in [0.25, 0.3) is 0 Å². The van der Waals surface area contributed by atoms with E-state index in [1.807, 2.05) is 13.8 Å². The molecule has 0 aliphatic heterocycles. The van der Waals surface area contributed by atoms with Crippen LogP contribution in [0.15, 0.2) is 0 Å². The molecule has 1 fully saturated rings. The van der Waals surface area contributed by atoms with Gasteiger partial charge in [-0.3, -0.25) is 0 Å². The maximum absolute atomic E-state index is 11.7. The molecule has 0 saturated heterocycles. The molecule has 1 saturated carbocycles. The molecule has 2 unspecified atom stereocenters. The summed E-state index contributed by atoms with van der Waals surface area (Å²) >= 11 is 0. The van der Waals surface area contributed by atoms with Crippen molar-refractivity contribution in [2.75, 3.05) is 6.61 Å². The lowest BCUT2D eigenvalue weighted by molar-refractivity contribution is -0.173. The summed E-state index contributed by atoms with van der Waals surface area (Å²) in [5.41, 5.74) is 0.297. The molecular weight excluding hydrogens is 256 g/mol. The van der Waals surface area contributed by atoms with Crippen molar-refractivity contribution < 1.29 is 19.1 Å². The van der Waals surface area contributed by atoms with E-state index in [1.165, 1.54) is 6.42 Å². The van der Waals surface area contributed by atoms with Gasteiger partial charge in [-0.15, -0.1) is 0 Å². The highest BCUT2D eigenvalue weighted by atomic mass is 16.6. The summed E-state index contributed by atoms with van der Waals surface area (Å²) < 4.78 is 10.2. The van der Waals surface area contributed by atoms with Gasteiger partial charge in [-0.25, -0.2) is 9.59 Å². The van der Waals surface area contributed by atoms with E-state index in [0.29, 0.717) is 17.8 Å². The van der Waals surface area contributed by atoms with E-state index in [-0.39, 0.29) is 12.7 Å². The number of esters is 2. The fourth-order valence-electron chi connectivity index (χ4n) is 3.03. The van der Waals surface area contributed by atoms with Crippen LogP contribution in [0.2, 0.25) is 0 Å². The van der Waals surface area contributed by atoms with Crippen molar-refractivity contribution in [3.63, 3.8) is 0 Å². The lowest BCUT2D eigenvalue weighted by atomic mass is 9.70. The van der Waals surface area contributed by atoms with Crippen LogP contribution in [0.4, 0.5) is 0 Å². The number of rotatable bonds is 5. The number of ether oxygens (including phenoxy) is 2. The van der Waals surface area contributed by atoms with E-state index in [9.17, 15) is 9.59 Å². The Bertz CT molecular complexity index is 335. The number of carbonyl (C=O) groups is 2. The number of hydrogen-bond donors (Lipinski definition) is 0. The van der Waals surface area contributed by atoms with Gasteiger partial charge in [0.05, 0.1) is 6.61 Å². The second-order valence-corrected chi connectivity index (χ2v) is 6.51. The molecular formula is C16H28O4. The van der Waals surface area contributed by atoms with Crippen molar-refractivity contribution in [3.8, 4) is 0 Å². The standard InChI is InChI=1S/C16H28O4/c1-5-10-19-14(17)15(18)20-13(6-2)12-8-7-9-16(3,4)11-12/h12-13H,5-11H2,1-4H3. The molecule has 1 aliphatic rings. The minimum atomic E-state index is -0.861. The third kappa shape index (κ3) is 5.14. The average molecular weight is 284 g/mol. The molecule has 0 spiro atoms. The average Bonchev–Trinajstić information content (AvgIpc) is 2.40. The fourth-order valence-corrected chi connectivity index (χ4v) is 3.03. The summed E-state index contributed by atoms with van der Waals surface area (Å²) in [4.78, 5) is 23.2. The Balaban J connectivity index is 2.54. The largest absolute Gasteiger partial charge is 0.457 e. The molecule has 1 aliphatic carbocycles. The Kier molecular flexibility index (Phi) is 6.50. The predicted octanol–water partition coefficient (Wildman–Crippen LogP) is 3.48. The Morgan fingerprint density at radius 1 is 1.25 bits per heavy atom. The second-order valence-electron chi connectivity index (χ2n) is 6.51. The number of carbonyl (C=O) groups excluding carboxylic acids is 2. The Morgan fingerprint density at radius 3 is 2.50 bits per heavy atom. The molecule has 0 bridgehead atoms. The molecule has 116 valence electrons. The van der Waals surface area contributed by atoms with Gasteiger partial charge < -0.3 is 9.47 Å². The molecule has 0 N–H and O–H groups in total. The highest BCUT2D eigenvalue weighted by molar-refractivity contribution is 6.29. The zero-order chi connectivity index (χ0) is 15.2. The first kappa shape index (κ1) is 17.0. The van der Waals surface area contributed by atoms with Crippen molar-refractivity contribution in [2.24, 2.45) is 11.3 Å². The lowest BCUT2D eigenvalue weighted by Gasteiger charge is -2.38. The fraction of sp³-hybridized carbons (Fsp3) is 0.875. The minimum Gasteiger partial charge on any atom is -0.457 e. The van der Waals surface area contributed by atoms with E-state index in [1.54, 1.807) is 0 Å². The monoisotopic (exact) mass is 284 g/mol. The molecule has 0 amide bonds. The Labute approximate surface area is 122 Å². The van der Waals surface area contributed by atoms with Crippen LogP contribution in [-0.4, -0.2) is 24.6 Å². The van der Waals surface area contributed by atoms with Crippen LogP contribution in [0.5, 0.6) is 0 Å². The van der Waals surface area contributed by atoms with Crippen LogP contribution in [-0.2, 0) is 19.1 Å². The van der Waals surface area contributed by atoms with Gasteiger partial charge in [-0.2, -0.15) is 0 Å². The first-order valence-electron chi connectivity index (χ1n) is 7.77. The molecule has 20 heavy (non-hydrogen) atoms. The first-order valence-corrected chi connectivity index (χ1v) is 7.77. The third-order valence-corrected chi connectivity index (χ3v) is 4.03. The van der Waals surface area contributed by atoms with E-state index < -0.39 is 11.9 Å². The van der Waals surface area contributed by atoms with Gasteiger partial charge in [-0.1, -0.05) is 34.1 Å². The highest BCUT2D eigenvalue weighted by Crippen LogP contribution is 2.41. The molecule has 2 atom stereocenters. The van der Waals surface area contributed by atoms with E-state index in [4.69, 9.17) is 9.47 Å². The molecule has 0 aromatic rings. The summed E-state index contributed by atoms with van der Waals surface area (Å²) in [7, 11) is 0. The summed E-state index contributed by atoms with van der Waals surface area (Å²) in [6.45, 7) is 8.65. The van der Waals surface area contributed by atoms with Gasteiger partial charge in [0, 0.05) is 0 Å². The molecule has 1 rings (SSSR count). The second kappa shape index (κ2) is 7.65. The summed E-state index contributed by atoms with van der Waals surface area (Å²) in [6.07, 6.45) is 5.76. The SMILES string of the molecule is CCCOC(=O)C(=O)OC(CC)C1CCCC(C)(C)C1. The van der Waals surface area contributed by atoms with Crippen molar-refractivity contribution in [1.29, 1.82) is 0 Å². The van der Waals surface area contributed by atoms with Crippen molar-refractivity contribution in [1.82, 2.24) is 0 Å². The van der Waals surface area contributed by atoms with E-state index in [0.717, 1.165) is 25.7 Å². The predicted molar refractivity (Wildman–Crippen MR) is 77.2 cm³/mol. The maximum Gasteiger partial charge on any atom is 0.417 e.